The van der Waals surface area contributed by atoms with Gasteiger partial charge in [0.05, 0.1) is 13.2 Å². The first-order valence-corrected chi connectivity index (χ1v) is 9.46. The Labute approximate surface area is 155 Å². The van der Waals surface area contributed by atoms with E-state index in [-0.39, 0.29) is 0 Å². The van der Waals surface area contributed by atoms with E-state index in [0.717, 1.165) is 61.4 Å². The minimum Gasteiger partial charge on any atom is -0.484 e. The first kappa shape index (κ1) is 23.6. The van der Waals surface area contributed by atoms with Crippen LogP contribution in [-0.4, -0.2) is 49.8 Å². The average molecular weight is 351 g/mol. The van der Waals surface area contributed by atoms with Crippen molar-refractivity contribution in [1.82, 2.24) is 4.90 Å². The van der Waals surface area contributed by atoms with E-state index in [1.54, 1.807) is 7.11 Å². The molecule has 0 aliphatic heterocycles. The van der Waals surface area contributed by atoms with Crippen LogP contribution in [0.1, 0.15) is 59.8 Å². The summed E-state index contributed by atoms with van der Waals surface area (Å²) >= 11 is 0. The molecular formula is C21H38N2O2. The van der Waals surface area contributed by atoms with Crippen molar-refractivity contribution >= 4 is 5.90 Å². The number of ether oxygens (including phenoxy) is 1. The van der Waals surface area contributed by atoms with Crippen molar-refractivity contribution < 1.29 is 9.84 Å². The van der Waals surface area contributed by atoms with E-state index in [1.807, 2.05) is 33.2 Å². The van der Waals surface area contributed by atoms with E-state index in [9.17, 15) is 5.11 Å². The summed E-state index contributed by atoms with van der Waals surface area (Å²) in [7, 11) is 5.73. The number of nitrogens with zero attached hydrogens (tertiary/aromatic N) is 2. The van der Waals surface area contributed by atoms with Crippen LogP contribution in [0.5, 0.6) is 0 Å². The van der Waals surface area contributed by atoms with Crippen molar-refractivity contribution in [1.29, 1.82) is 0 Å². The summed E-state index contributed by atoms with van der Waals surface area (Å²) in [6.07, 6.45) is 10.0. The molecule has 25 heavy (non-hydrogen) atoms. The molecule has 0 aromatic heterocycles. The molecule has 1 unspecified atom stereocenters. The van der Waals surface area contributed by atoms with E-state index in [4.69, 9.17) is 4.74 Å². The van der Waals surface area contributed by atoms with Gasteiger partial charge in [-0.15, -0.1) is 0 Å². The van der Waals surface area contributed by atoms with Crippen LogP contribution < -0.4 is 0 Å². The second-order valence-electron chi connectivity index (χ2n) is 6.36. The van der Waals surface area contributed by atoms with Gasteiger partial charge in [-0.25, -0.2) is 4.99 Å². The maximum absolute atomic E-state index is 10.8. The predicted octanol–water partition coefficient (Wildman–Crippen LogP) is 4.72. The van der Waals surface area contributed by atoms with Gasteiger partial charge in [-0.3, -0.25) is 0 Å². The van der Waals surface area contributed by atoms with Crippen molar-refractivity contribution in [3.8, 4) is 0 Å². The molecule has 0 fully saturated rings. The summed E-state index contributed by atoms with van der Waals surface area (Å²) in [6, 6.07) is 0. The van der Waals surface area contributed by atoms with Crippen LogP contribution in [0.15, 0.2) is 40.1 Å². The van der Waals surface area contributed by atoms with Crippen LogP contribution in [0.2, 0.25) is 0 Å². The number of methoxy groups -OCH3 is 1. The molecule has 0 heterocycles. The largest absolute Gasteiger partial charge is 0.484 e. The molecule has 0 radical (unpaired) electrons. The molecule has 1 N–H and O–H groups in total. The topological polar surface area (TPSA) is 45.1 Å². The normalized spacial score (nSPS) is 15.7. The number of aliphatic hydroxyl groups excluding tert-OH is 1. The Morgan fingerprint density at radius 1 is 1.04 bits per heavy atom. The van der Waals surface area contributed by atoms with Gasteiger partial charge in [-0.2, -0.15) is 0 Å². The second-order valence-corrected chi connectivity index (χ2v) is 6.36. The lowest BCUT2D eigenvalue weighted by Gasteiger charge is -2.18. The number of aliphatic imine (C=N–C) groups is 1. The standard InChI is InChI=1S/C21H38N2O2/c1-8-12-18(15-16-23(5)6)21(24)17(9-2)13-14-19(10-3)22-20(11-4)25-7/h13-15,21,24H,8-12,16H2,1-7H3/b17-13+,18-15+,19-14+,22-20+. The van der Waals surface area contributed by atoms with Gasteiger partial charge in [-0.1, -0.05) is 46.3 Å². The Morgan fingerprint density at radius 2 is 1.72 bits per heavy atom. The maximum Gasteiger partial charge on any atom is 0.187 e. The molecule has 0 spiro atoms. The molecule has 4 nitrogen and oxygen atoms in total. The van der Waals surface area contributed by atoms with E-state index in [2.05, 4.69) is 36.7 Å². The Balaban J connectivity index is 5.49. The zero-order valence-corrected chi connectivity index (χ0v) is 17.3. The predicted molar refractivity (Wildman–Crippen MR) is 109 cm³/mol. The van der Waals surface area contributed by atoms with Gasteiger partial charge in [0, 0.05) is 18.7 Å². The zero-order chi connectivity index (χ0) is 19.2. The molecule has 4 heteroatoms. The lowest BCUT2D eigenvalue weighted by Crippen LogP contribution is -2.17. The van der Waals surface area contributed by atoms with E-state index in [1.165, 1.54) is 0 Å². The van der Waals surface area contributed by atoms with Gasteiger partial charge in [-0.05, 0) is 50.6 Å². The molecule has 0 bridgehead atoms. The molecule has 144 valence electrons. The summed E-state index contributed by atoms with van der Waals surface area (Å²) in [6.45, 7) is 9.18. The summed E-state index contributed by atoms with van der Waals surface area (Å²) < 4.78 is 5.26. The van der Waals surface area contributed by atoms with Crippen LogP contribution in [0, 0.1) is 0 Å². The van der Waals surface area contributed by atoms with Crippen molar-refractivity contribution in [3.05, 3.63) is 35.1 Å². The fraction of sp³-hybridized carbons (Fsp3) is 0.667. The highest BCUT2D eigenvalue weighted by molar-refractivity contribution is 5.76. The van der Waals surface area contributed by atoms with E-state index < -0.39 is 6.10 Å². The highest BCUT2D eigenvalue weighted by Gasteiger charge is 2.14. The fourth-order valence-electron chi connectivity index (χ4n) is 2.45. The molecule has 0 aliphatic carbocycles. The fourth-order valence-corrected chi connectivity index (χ4v) is 2.45. The van der Waals surface area contributed by atoms with Gasteiger partial charge in [0.25, 0.3) is 0 Å². The van der Waals surface area contributed by atoms with Crippen molar-refractivity contribution in [3.63, 3.8) is 0 Å². The number of rotatable bonds is 11. The molecule has 0 aromatic rings. The van der Waals surface area contributed by atoms with Gasteiger partial charge in [0.2, 0.25) is 0 Å². The van der Waals surface area contributed by atoms with Crippen LogP contribution >= 0.6 is 0 Å². The molecule has 0 saturated heterocycles. The number of aliphatic hydroxyl groups is 1. The van der Waals surface area contributed by atoms with Gasteiger partial charge < -0.3 is 14.7 Å². The summed E-state index contributed by atoms with van der Waals surface area (Å²) in [4.78, 5) is 6.66. The third-order valence-corrected chi connectivity index (χ3v) is 4.03. The van der Waals surface area contributed by atoms with Crippen LogP contribution in [0.25, 0.3) is 0 Å². The Bertz CT molecular complexity index is 482. The molecule has 1 atom stereocenters. The first-order chi connectivity index (χ1) is 11.9. The van der Waals surface area contributed by atoms with Gasteiger partial charge in [0.15, 0.2) is 5.90 Å². The Kier molecular flexibility index (Phi) is 13.1. The number of allylic oxidation sites excluding steroid dienone is 3. The van der Waals surface area contributed by atoms with Crippen molar-refractivity contribution in [2.24, 2.45) is 4.99 Å². The van der Waals surface area contributed by atoms with Crippen LogP contribution in [-0.2, 0) is 4.74 Å². The Hall–Kier alpha value is -1.39. The molecule has 0 saturated carbocycles. The molecule has 0 amide bonds. The van der Waals surface area contributed by atoms with Gasteiger partial charge >= 0.3 is 0 Å². The highest BCUT2D eigenvalue weighted by atomic mass is 16.5. The minimum absolute atomic E-state index is 0.517. The summed E-state index contributed by atoms with van der Waals surface area (Å²) in [5.41, 5.74) is 3.09. The third-order valence-electron chi connectivity index (χ3n) is 4.03. The lowest BCUT2D eigenvalue weighted by atomic mass is 9.95. The van der Waals surface area contributed by atoms with Crippen molar-refractivity contribution in [2.45, 2.75) is 65.9 Å². The molecular weight excluding hydrogens is 312 g/mol. The van der Waals surface area contributed by atoms with E-state index >= 15 is 0 Å². The average Bonchev–Trinajstić information content (AvgIpc) is 2.61. The second kappa shape index (κ2) is 13.9. The first-order valence-electron chi connectivity index (χ1n) is 9.46. The van der Waals surface area contributed by atoms with Crippen molar-refractivity contribution in [2.75, 3.05) is 27.7 Å². The zero-order valence-electron chi connectivity index (χ0n) is 17.3. The lowest BCUT2D eigenvalue weighted by molar-refractivity contribution is 0.237. The molecule has 0 aromatic carbocycles. The molecule has 0 aliphatic rings. The maximum atomic E-state index is 10.8. The quantitative estimate of drug-likeness (QED) is 0.254. The summed E-state index contributed by atoms with van der Waals surface area (Å²) in [5, 5.41) is 10.8. The number of hydrogen-bond acceptors (Lipinski definition) is 4. The summed E-state index contributed by atoms with van der Waals surface area (Å²) in [5.74, 6) is 0.734. The third kappa shape index (κ3) is 9.61. The van der Waals surface area contributed by atoms with Gasteiger partial charge in [0.1, 0.15) is 0 Å². The highest BCUT2D eigenvalue weighted by Crippen LogP contribution is 2.20. The minimum atomic E-state index is -0.517. The number of likely N-dealkylation sites (N-methyl/N-ethyl adjacent to an activating group) is 1. The number of hydrogen-bond donors (Lipinski definition) is 1. The Morgan fingerprint density at radius 3 is 2.16 bits per heavy atom. The molecule has 0 rings (SSSR count). The van der Waals surface area contributed by atoms with Crippen LogP contribution in [0.3, 0.4) is 0 Å². The monoisotopic (exact) mass is 350 g/mol. The van der Waals surface area contributed by atoms with Crippen LogP contribution in [0.4, 0.5) is 0 Å². The van der Waals surface area contributed by atoms with E-state index in [0.29, 0.717) is 0 Å². The SMILES string of the molecule is CCC/C(=C\CN(C)C)C(O)/C(=C/C=C(CC)/N=C(\CC)OC)CC. The smallest absolute Gasteiger partial charge is 0.187 e.